The van der Waals surface area contributed by atoms with E-state index in [-0.39, 0.29) is 11.0 Å². The van der Waals surface area contributed by atoms with Crippen LogP contribution in [0.15, 0.2) is 23.8 Å². The van der Waals surface area contributed by atoms with Crippen LogP contribution < -0.4 is 0 Å². The molecule has 0 saturated carbocycles. The Kier molecular flexibility index (Phi) is 3.25. The molecule has 0 atom stereocenters. The Morgan fingerprint density at radius 3 is 2.08 bits per heavy atom. The molecule has 0 aliphatic carbocycles. The van der Waals surface area contributed by atoms with Crippen molar-refractivity contribution in [3.63, 3.8) is 0 Å². The van der Waals surface area contributed by atoms with E-state index < -0.39 is 5.97 Å². The summed E-state index contributed by atoms with van der Waals surface area (Å²) in [4.78, 5) is 10.4. The summed E-state index contributed by atoms with van der Waals surface area (Å²) < 4.78 is 0. The second kappa shape index (κ2) is 3.57. The molecule has 0 unspecified atom stereocenters. The Morgan fingerprint density at radius 2 is 1.83 bits per heavy atom. The Balaban J connectivity index is 4.59. The highest BCUT2D eigenvalue weighted by molar-refractivity contribution is 5.89. The van der Waals surface area contributed by atoms with E-state index >= 15 is 0 Å². The summed E-state index contributed by atoms with van der Waals surface area (Å²) in [5.41, 5.74) is 1.18. The van der Waals surface area contributed by atoms with Gasteiger partial charge in [-0.1, -0.05) is 32.9 Å². The first-order valence-electron chi connectivity index (χ1n) is 3.86. The van der Waals surface area contributed by atoms with Gasteiger partial charge in [-0.25, -0.2) is 4.79 Å². The lowest BCUT2D eigenvalue weighted by atomic mass is 9.86. The van der Waals surface area contributed by atoms with Crippen LogP contribution in [0.4, 0.5) is 0 Å². The summed E-state index contributed by atoms with van der Waals surface area (Å²) in [6.07, 6.45) is 1.61. The molecule has 2 heteroatoms. The van der Waals surface area contributed by atoms with Crippen molar-refractivity contribution in [1.82, 2.24) is 0 Å². The maximum absolute atomic E-state index is 10.4. The molecule has 0 saturated heterocycles. The van der Waals surface area contributed by atoms with E-state index in [0.717, 1.165) is 5.57 Å². The topological polar surface area (TPSA) is 37.3 Å². The highest BCUT2D eigenvalue weighted by atomic mass is 16.4. The third-order valence-corrected chi connectivity index (χ3v) is 1.85. The van der Waals surface area contributed by atoms with Crippen molar-refractivity contribution >= 4 is 5.97 Å². The van der Waals surface area contributed by atoms with Crippen molar-refractivity contribution in [3.05, 3.63) is 23.8 Å². The summed E-state index contributed by atoms with van der Waals surface area (Å²) in [7, 11) is 0. The first-order chi connectivity index (χ1) is 5.25. The van der Waals surface area contributed by atoms with Crippen LogP contribution in [0.3, 0.4) is 0 Å². The van der Waals surface area contributed by atoms with Crippen molar-refractivity contribution in [2.24, 2.45) is 5.41 Å². The van der Waals surface area contributed by atoms with E-state index in [1.807, 2.05) is 27.7 Å². The molecular formula is C10H16O2. The van der Waals surface area contributed by atoms with E-state index in [9.17, 15) is 4.79 Å². The van der Waals surface area contributed by atoms with Gasteiger partial charge in [0.05, 0.1) is 5.57 Å². The number of carboxylic acids is 1. The highest BCUT2D eigenvalue weighted by Crippen LogP contribution is 2.25. The smallest absolute Gasteiger partial charge is 0.335 e. The van der Waals surface area contributed by atoms with Crippen LogP contribution >= 0.6 is 0 Å². The Morgan fingerprint density at radius 1 is 1.42 bits per heavy atom. The molecule has 0 bridgehead atoms. The Hall–Kier alpha value is -1.05. The number of hydrogen-bond donors (Lipinski definition) is 1. The van der Waals surface area contributed by atoms with Gasteiger partial charge >= 0.3 is 5.97 Å². The van der Waals surface area contributed by atoms with Gasteiger partial charge in [-0.2, -0.15) is 0 Å². The molecule has 0 aromatic carbocycles. The number of carboxylic acid groups (broad SMARTS) is 1. The number of allylic oxidation sites excluding steroid dienone is 1. The molecule has 1 N–H and O–H groups in total. The molecule has 0 amide bonds. The molecule has 0 aromatic heterocycles. The van der Waals surface area contributed by atoms with Crippen LogP contribution in [-0.4, -0.2) is 11.1 Å². The van der Waals surface area contributed by atoms with Gasteiger partial charge in [0.2, 0.25) is 0 Å². The summed E-state index contributed by atoms with van der Waals surface area (Å²) in [5.74, 6) is -0.960. The van der Waals surface area contributed by atoms with Crippen molar-refractivity contribution in [1.29, 1.82) is 0 Å². The molecule has 0 aromatic rings. The zero-order chi connectivity index (χ0) is 9.94. The van der Waals surface area contributed by atoms with Gasteiger partial charge < -0.3 is 5.11 Å². The van der Waals surface area contributed by atoms with Crippen molar-refractivity contribution < 1.29 is 9.90 Å². The third kappa shape index (κ3) is 3.37. The Bertz CT molecular complexity index is 229. The van der Waals surface area contributed by atoms with Crippen molar-refractivity contribution in [3.8, 4) is 0 Å². The first-order valence-corrected chi connectivity index (χ1v) is 3.86. The quantitative estimate of drug-likeness (QED) is 0.508. The lowest BCUT2D eigenvalue weighted by Crippen LogP contribution is -2.08. The molecule has 0 aliphatic rings. The van der Waals surface area contributed by atoms with Crippen LogP contribution in [0.2, 0.25) is 0 Å². The number of aliphatic carboxylic acids is 1. The molecule has 0 radical (unpaired) electrons. The largest absolute Gasteiger partial charge is 0.478 e. The molecule has 0 spiro atoms. The van der Waals surface area contributed by atoms with Crippen molar-refractivity contribution in [2.45, 2.75) is 27.7 Å². The zero-order valence-corrected chi connectivity index (χ0v) is 8.14. The van der Waals surface area contributed by atoms with E-state index in [1.165, 1.54) is 0 Å². The average molecular weight is 168 g/mol. The SMILES string of the molecule is C=C(/C=C(\C)C(C)(C)C)C(=O)O. The lowest BCUT2D eigenvalue weighted by Gasteiger charge is -2.19. The normalized spacial score (nSPS) is 12.8. The maximum Gasteiger partial charge on any atom is 0.335 e. The summed E-state index contributed by atoms with van der Waals surface area (Å²) >= 11 is 0. The Labute approximate surface area is 73.6 Å². The molecule has 0 heterocycles. The molecule has 12 heavy (non-hydrogen) atoms. The number of carbonyl (C=O) groups is 1. The van der Waals surface area contributed by atoms with Crippen LogP contribution in [0.5, 0.6) is 0 Å². The van der Waals surface area contributed by atoms with E-state index in [0.29, 0.717) is 0 Å². The minimum Gasteiger partial charge on any atom is -0.478 e. The van der Waals surface area contributed by atoms with Crippen LogP contribution in [0.25, 0.3) is 0 Å². The predicted molar refractivity (Wildman–Crippen MR) is 50.0 cm³/mol. The number of hydrogen-bond acceptors (Lipinski definition) is 1. The van der Waals surface area contributed by atoms with Crippen LogP contribution in [0.1, 0.15) is 27.7 Å². The van der Waals surface area contributed by atoms with Gasteiger partial charge in [0, 0.05) is 0 Å². The van der Waals surface area contributed by atoms with Gasteiger partial charge in [0.1, 0.15) is 0 Å². The minimum atomic E-state index is -0.960. The second-order valence-electron chi connectivity index (χ2n) is 3.91. The predicted octanol–water partition coefficient (Wildman–Crippen LogP) is 2.62. The van der Waals surface area contributed by atoms with E-state index in [2.05, 4.69) is 6.58 Å². The summed E-state index contributed by atoms with van der Waals surface area (Å²) in [6, 6.07) is 0. The van der Waals surface area contributed by atoms with Gasteiger partial charge in [0.15, 0.2) is 0 Å². The molecule has 0 aliphatic heterocycles. The lowest BCUT2D eigenvalue weighted by molar-refractivity contribution is -0.132. The van der Waals surface area contributed by atoms with Crippen LogP contribution in [0, 0.1) is 5.41 Å². The van der Waals surface area contributed by atoms with Crippen LogP contribution in [-0.2, 0) is 4.79 Å². The minimum absolute atomic E-state index is 0.0123. The first kappa shape index (κ1) is 11.0. The zero-order valence-electron chi connectivity index (χ0n) is 8.14. The second-order valence-corrected chi connectivity index (χ2v) is 3.91. The molecular weight excluding hydrogens is 152 g/mol. The van der Waals surface area contributed by atoms with Gasteiger partial charge in [0.25, 0.3) is 0 Å². The fourth-order valence-corrected chi connectivity index (χ4v) is 0.540. The standard InChI is InChI=1S/C10H16O2/c1-7(9(11)12)6-8(2)10(3,4)5/h6H,1H2,2-5H3,(H,11,12)/b8-6+. The number of rotatable bonds is 2. The molecule has 0 fully saturated rings. The van der Waals surface area contributed by atoms with Gasteiger partial charge in [-0.05, 0) is 18.4 Å². The summed E-state index contributed by atoms with van der Waals surface area (Å²) in [6.45, 7) is 11.4. The van der Waals surface area contributed by atoms with E-state index in [1.54, 1.807) is 6.08 Å². The van der Waals surface area contributed by atoms with Crippen molar-refractivity contribution in [2.75, 3.05) is 0 Å². The third-order valence-electron chi connectivity index (χ3n) is 1.85. The summed E-state index contributed by atoms with van der Waals surface area (Å²) in [5, 5.41) is 8.55. The average Bonchev–Trinajstić information content (AvgIpc) is 1.85. The highest BCUT2D eigenvalue weighted by Gasteiger charge is 2.13. The monoisotopic (exact) mass is 168 g/mol. The van der Waals surface area contributed by atoms with E-state index in [4.69, 9.17) is 5.11 Å². The van der Waals surface area contributed by atoms with Gasteiger partial charge in [-0.3, -0.25) is 0 Å². The fourth-order valence-electron chi connectivity index (χ4n) is 0.540. The molecule has 0 rings (SSSR count). The fraction of sp³-hybridized carbons (Fsp3) is 0.500. The maximum atomic E-state index is 10.4. The van der Waals surface area contributed by atoms with Gasteiger partial charge in [-0.15, -0.1) is 0 Å². The molecule has 68 valence electrons. The molecule has 2 nitrogen and oxygen atoms in total.